The molecule has 2 unspecified atom stereocenters. The average molecular weight is 478 g/mol. The molecule has 0 amide bonds. The van der Waals surface area contributed by atoms with Crippen LogP contribution in [-0.2, 0) is 15.5 Å². The number of aromatic hydroxyl groups is 1. The lowest BCUT2D eigenvalue weighted by Gasteiger charge is -2.33. The van der Waals surface area contributed by atoms with Gasteiger partial charge in [0, 0.05) is 38.1 Å². The fourth-order valence-corrected chi connectivity index (χ4v) is 4.23. The Balaban J connectivity index is 1.39. The standard InChI is InChI=1S/C23H31N3O6S/c1-3-31-23(29)16-4-7-22(25-13-16)26-10-8-17(9-11-26)24-14-18(27)15-32-19-5-6-20(28)21(12-19)33(2)30/h4-7,12-13,17-18,24,27-28H,3,8-11,14-15H2,1-2H3. The van der Waals surface area contributed by atoms with Crippen molar-refractivity contribution in [1.29, 1.82) is 0 Å². The van der Waals surface area contributed by atoms with Crippen LogP contribution < -0.4 is 15.0 Å². The molecule has 0 aliphatic carbocycles. The summed E-state index contributed by atoms with van der Waals surface area (Å²) >= 11 is 0. The Kier molecular flexibility index (Phi) is 9.04. The van der Waals surface area contributed by atoms with Crippen LogP contribution in [0.3, 0.4) is 0 Å². The molecule has 3 rings (SSSR count). The van der Waals surface area contributed by atoms with Gasteiger partial charge in [0.2, 0.25) is 0 Å². The van der Waals surface area contributed by atoms with E-state index in [0.717, 1.165) is 31.7 Å². The van der Waals surface area contributed by atoms with Gasteiger partial charge in [-0.2, -0.15) is 0 Å². The molecule has 0 radical (unpaired) electrons. The minimum atomic E-state index is -1.33. The number of benzene rings is 1. The minimum Gasteiger partial charge on any atom is -0.507 e. The van der Waals surface area contributed by atoms with E-state index < -0.39 is 16.9 Å². The second kappa shape index (κ2) is 12.0. The summed E-state index contributed by atoms with van der Waals surface area (Å²) < 4.78 is 22.2. The highest BCUT2D eigenvalue weighted by molar-refractivity contribution is 7.84. The highest BCUT2D eigenvalue weighted by atomic mass is 32.2. The maximum Gasteiger partial charge on any atom is 0.339 e. The third kappa shape index (κ3) is 7.15. The number of piperidine rings is 1. The molecule has 2 aromatic rings. The van der Waals surface area contributed by atoms with E-state index in [4.69, 9.17) is 9.47 Å². The third-order valence-electron chi connectivity index (χ3n) is 5.40. The van der Waals surface area contributed by atoms with Crippen molar-refractivity contribution >= 4 is 22.6 Å². The first-order valence-corrected chi connectivity index (χ1v) is 12.5. The van der Waals surface area contributed by atoms with Gasteiger partial charge in [0.1, 0.15) is 30.0 Å². The first-order valence-electron chi connectivity index (χ1n) is 11.0. The molecule has 10 heteroatoms. The van der Waals surface area contributed by atoms with Crippen LogP contribution in [0.2, 0.25) is 0 Å². The van der Waals surface area contributed by atoms with Gasteiger partial charge in [0.25, 0.3) is 0 Å². The molecular weight excluding hydrogens is 446 g/mol. The number of nitrogens with zero attached hydrogens (tertiary/aromatic N) is 2. The lowest BCUT2D eigenvalue weighted by atomic mass is 10.0. The zero-order valence-electron chi connectivity index (χ0n) is 18.9. The van der Waals surface area contributed by atoms with Gasteiger partial charge in [-0.25, -0.2) is 9.78 Å². The largest absolute Gasteiger partial charge is 0.507 e. The van der Waals surface area contributed by atoms with E-state index in [0.29, 0.717) is 29.4 Å². The van der Waals surface area contributed by atoms with Gasteiger partial charge in [-0.1, -0.05) is 0 Å². The molecule has 1 aliphatic rings. The Morgan fingerprint density at radius 2 is 2.06 bits per heavy atom. The summed E-state index contributed by atoms with van der Waals surface area (Å²) in [5.41, 5.74) is 0.444. The van der Waals surface area contributed by atoms with Crippen molar-refractivity contribution in [3.63, 3.8) is 0 Å². The normalized spacial score (nSPS) is 16.3. The SMILES string of the molecule is CCOC(=O)c1ccc(N2CCC(NCC(O)COc3ccc(O)c(S(C)=O)c3)CC2)nc1. The molecular formula is C23H31N3O6S. The number of phenols is 1. The molecule has 9 nitrogen and oxygen atoms in total. The topological polar surface area (TPSA) is 121 Å². The van der Waals surface area contributed by atoms with E-state index in [1.54, 1.807) is 25.3 Å². The number of esters is 1. The van der Waals surface area contributed by atoms with Gasteiger partial charge in [-0.05, 0) is 50.1 Å². The average Bonchev–Trinajstić information content (AvgIpc) is 2.82. The Morgan fingerprint density at radius 1 is 1.30 bits per heavy atom. The quantitative estimate of drug-likeness (QED) is 0.439. The van der Waals surface area contributed by atoms with Crippen molar-refractivity contribution in [2.45, 2.75) is 36.8 Å². The van der Waals surface area contributed by atoms with Crippen LogP contribution in [0.25, 0.3) is 0 Å². The van der Waals surface area contributed by atoms with Crippen molar-refractivity contribution in [3.05, 3.63) is 42.1 Å². The number of carbonyl (C=O) groups is 1. The van der Waals surface area contributed by atoms with E-state index in [9.17, 15) is 19.2 Å². The molecule has 1 fully saturated rings. The molecule has 0 saturated carbocycles. The number of nitrogens with one attached hydrogen (secondary N) is 1. The molecule has 1 aliphatic heterocycles. The summed E-state index contributed by atoms with van der Waals surface area (Å²) in [6.45, 7) is 4.22. The lowest BCUT2D eigenvalue weighted by molar-refractivity contribution is 0.0526. The zero-order chi connectivity index (χ0) is 23.8. The van der Waals surface area contributed by atoms with Crippen LogP contribution >= 0.6 is 0 Å². The highest BCUT2D eigenvalue weighted by Gasteiger charge is 2.21. The van der Waals surface area contributed by atoms with Crippen molar-refractivity contribution in [2.75, 3.05) is 44.0 Å². The van der Waals surface area contributed by atoms with Gasteiger partial charge in [0.05, 0.1) is 27.9 Å². The molecule has 1 saturated heterocycles. The highest BCUT2D eigenvalue weighted by Crippen LogP contribution is 2.25. The van der Waals surface area contributed by atoms with E-state index in [1.165, 1.54) is 18.4 Å². The maximum absolute atomic E-state index is 11.7. The fourth-order valence-electron chi connectivity index (χ4n) is 3.59. The molecule has 1 aromatic carbocycles. The summed E-state index contributed by atoms with van der Waals surface area (Å²) in [6.07, 6.45) is 4.13. The number of hydrogen-bond donors (Lipinski definition) is 3. The van der Waals surface area contributed by atoms with Gasteiger partial charge in [-0.3, -0.25) is 4.21 Å². The van der Waals surface area contributed by atoms with Crippen LogP contribution in [0.5, 0.6) is 11.5 Å². The summed E-state index contributed by atoms with van der Waals surface area (Å²) in [5.74, 6) is 0.873. The lowest BCUT2D eigenvalue weighted by Crippen LogP contribution is -2.45. The third-order valence-corrected chi connectivity index (χ3v) is 6.35. The number of anilines is 1. The first-order chi connectivity index (χ1) is 15.9. The zero-order valence-corrected chi connectivity index (χ0v) is 19.7. The predicted octanol–water partition coefficient (Wildman–Crippen LogP) is 1.70. The summed E-state index contributed by atoms with van der Waals surface area (Å²) in [6, 6.07) is 8.38. The molecule has 3 N–H and O–H groups in total. The van der Waals surface area contributed by atoms with E-state index >= 15 is 0 Å². The van der Waals surface area contributed by atoms with E-state index in [2.05, 4.69) is 15.2 Å². The van der Waals surface area contributed by atoms with Gasteiger partial charge < -0.3 is 29.9 Å². The first kappa shape index (κ1) is 24.9. The summed E-state index contributed by atoms with van der Waals surface area (Å²) in [7, 11) is -1.33. The van der Waals surface area contributed by atoms with Crippen LogP contribution in [-0.4, -0.2) is 76.6 Å². The van der Waals surface area contributed by atoms with Crippen molar-refractivity contribution in [2.24, 2.45) is 0 Å². The van der Waals surface area contributed by atoms with Crippen LogP contribution in [0.4, 0.5) is 5.82 Å². The number of hydrogen-bond acceptors (Lipinski definition) is 9. The Labute approximate surface area is 196 Å². The predicted molar refractivity (Wildman–Crippen MR) is 125 cm³/mol. The van der Waals surface area contributed by atoms with Gasteiger partial charge >= 0.3 is 5.97 Å². The number of rotatable bonds is 10. The molecule has 0 bridgehead atoms. The number of phenolic OH excluding ortho intramolecular Hbond substituents is 1. The summed E-state index contributed by atoms with van der Waals surface area (Å²) in [5, 5.41) is 23.4. The second-order valence-electron chi connectivity index (χ2n) is 7.84. The molecule has 33 heavy (non-hydrogen) atoms. The fraction of sp³-hybridized carbons (Fsp3) is 0.478. The monoisotopic (exact) mass is 477 g/mol. The van der Waals surface area contributed by atoms with Crippen LogP contribution in [0.15, 0.2) is 41.4 Å². The molecule has 0 spiro atoms. The molecule has 180 valence electrons. The van der Waals surface area contributed by atoms with Crippen molar-refractivity contribution in [1.82, 2.24) is 10.3 Å². The maximum atomic E-state index is 11.7. The number of aromatic nitrogens is 1. The minimum absolute atomic E-state index is 0.0399. The molecule has 2 atom stereocenters. The van der Waals surface area contributed by atoms with E-state index in [-0.39, 0.29) is 24.4 Å². The number of ether oxygens (including phenoxy) is 2. The van der Waals surface area contributed by atoms with Crippen molar-refractivity contribution in [3.8, 4) is 11.5 Å². The second-order valence-corrected chi connectivity index (χ2v) is 9.19. The number of pyridine rings is 1. The summed E-state index contributed by atoms with van der Waals surface area (Å²) in [4.78, 5) is 18.6. The number of carbonyl (C=O) groups excluding carboxylic acids is 1. The Hall–Kier alpha value is -2.69. The molecule has 2 heterocycles. The number of aliphatic hydroxyl groups excluding tert-OH is 1. The Bertz CT molecular complexity index is 948. The smallest absolute Gasteiger partial charge is 0.339 e. The van der Waals surface area contributed by atoms with Gasteiger partial charge in [-0.15, -0.1) is 0 Å². The molecule has 1 aromatic heterocycles. The van der Waals surface area contributed by atoms with E-state index in [1.807, 2.05) is 6.07 Å². The van der Waals surface area contributed by atoms with Crippen molar-refractivity contribution < 1.29 is 28.7 Å². The number of aliphatic hydroxyl groups is 1. The van der Waals surface area contributed by atoms with Gasteiger partial charge in [0.15, 0.2) is 0 Å². The Morgan fingerprint density at radius 3 is 2.70 bits per heavy atom. The van der Waals surface area contributed by atoms with Crippen LogP contribution in [0.1, 0.15) is 30.1 Å². The van der Waals surface area contributed by atoms with Crippen LogP contribution in [0, 0.1) is 0 Å².